The minimum absolute atomic E-state index is 0.0723. The largest absolute Gasteiger partial charge is 0.454 e. The summed E-state index contributed by atoms with van der Waals surface area (Å²) in [6.45, 7) is 5.37. The van der Waals surface area contributed by atoms with Gasteiger partial charge < -0.3 is 14.8 Å². The quantitative estimate of drug-likeness (QED) is 0.457. The lowest BCUT2D eigenvalue weighted by Gasteiger charge is -2.14. The summed E-state index contributed by atoms with van der Waals surface area (Å²) in [6.07, 6.45) is 0. The predicted octanol–water partition coefficient (Wildman–Crippen LogP) is 4.16. The number of hydrogen-bond donors (Lipinski definition) is 1. The lowest BCUT2D eigenvalue weighted by Crippen LogP contribution is -2.40. The SMILES string of the molecule is Cc1ccc(Cl)cc1NC(=O)Cn1c(=O)n(-c2ccc3c(c2)OCO3)c(=O)c2c(C)c(C)sc21. The van der Waals surface area contributed by atoms with E-state index in [1.54, 1.807) is 36.4 Å². The van der Waals surface area contributed by atoms with Gasteiger partial charge in [-0.1, -0.05) is 17.7 Å². The summed E-state index contributed by atoms with van der Waals surface area (Å²) in [4.78, 5) is 41.4. The molecule has 0 spiro atoms. The van der Waals surface area contributed by atoms with Crippen LogP contribution in [0.3, 0.4) is 0 Å². The van der Waals surface area contributed by atoms with Crippen LogP contribution in [0.2, 0.25) is 5.02 Å². The number of nitrogens with zero attached hydrogens (tertiary/aromatic N) is 2. The number of thiophene rings is 1. The molecule has 0 unspecified atom stereocenters. The fourth-order valence-electron chi connectivity index (χ4n) is 3.91. The van der Waals surface area contributed by atoms with E-state index in [0.717, 1.165) is 20.6 Å². The maximum absolute atomic E-state index is 13.6. The molecule has 174 valence electrons. The Morgan fingerprint density at radius 2 is 1.85 bits per heavy atom. The van der Waals surface area contributed by atoms with Crippen LogP contribution >= 0.6 is 22.9 Å². The number of carbonyl (C=O) groups excluding carboxylic acids is 1. The predicted molar refractivity (Wildman–Crippen MR) is 132 cm³/mol. The molecule has 10 heteroatoms. The number of ether oxygens (including phenoxy) is 2. The van der Waals surface area contributed by atoms with Crippen LogP contribution in [0.15, 0.2) is 46.0 Å². The van der Waals surface area contributed by atoms with Gasteiger partial charge >= 0.3 is 5.69 Å². The van der Waals surface area contributed by atoms with E-state index in [9.17, 15) is 14.4 Å². The Morgan fingerprint density at radius 3 is 2.65 bits per heavy atom. The second-order valence-corrected chi connectivity index (χ2v) is 9.66. The number of hydrogen-bond acceptors (Lipinski definition) is 6. The Morgan fingerprint density at radius 1 is 1.09 bits per heavy atom. The maximum Gasteiger partial charge on any atom is 0.337 e. The highest BCUT2D eigenvalue weighted by Gasteiger charge is 2.23. The minimum atomic E-state index is -0.615. The molecule has 3 heterocycles. The van der Waals surface area contributed by atoms with Crippen molar-refractivity contribution in [1.82, 2.24) is 9.13 Å². The molecule has 8 nitrogen and oxygen atoms in total. The van der Waals surface area contributed by atoms with Gasteiger partial charge in [0.15, 0.2) is 11.5 Å². The highest BCUT2D eigenvalue weighted by Crippen LogP contribution is 2.33. The summed E-state index contributed by atoms with van der Waals surface area (Å²) < 4.78 is 13.2. The zero-order chi connectivity index (χ0) is 24.1. The number of fused-ring (bicyclic) bond motifs is 2. The van der Waals surface area contributed by atoms with Gasteiger partial charge in [-0.05, 0) is 56.2 Å². The van der Waals surface area contributed by atoms with E-state index in [4.69, 9.17) is 21.1 Å². The number of anilines is 1. The molecule has 0 aliphatic carbocycles. The third-order valence-corrected chi connectivity index (χ3v) is 7.31. The molecule has 2 aromatic heterocycles. The number of benzene rings is 2. The number of nitrogens with one attached hydrogen (secondary N) is 1. The number of rotatable bonds is 4. The van der Waals surface area contributed by atoms with E-state index in [0.29, 0.717) is 38.1 Å². The Hall–Kier alpha value is -3.56. The van der Waals surface area contributed by atoms with Crippen LogP contribution in [0.4, 0.5) is 5.69 Å². The standard InChI is InChI=1S/C24H20ClN3O5S/c1-12-4-5-15(25)8-17(12)26-20(29)10-27-23-21(13(2)14(3)34-23)22(30)28(24(27)31)16-6-7-18-19(9-16)33-11-32-18/h4-9H,10-11H2,1-3H3,(H,26,29). The third kappa shape index (κ3) is 3.66. The van der Waals surface area contributed by atoms with Crippen LogP contribution in [0.25, 0.3) is 15.9 Å². The van der Waals surface area contributed by atoms with Crippen molar-refractivity contribution in [3.05, 3.63) is 78.3 Å². The molecule has 1 aliphatic rings. The van der Waals surface area contributed by atoms with Crippen LogP contribution in [0.5, 0.6) is 11.5 Å². The average Bonchev–Trinajstić information content (AvgIpc) is 3.38. The van der Waals surface area contributed by atoms with Crippen molar-refractivity contribution >= 4 is 44.7 Å². The van der Waals surface area contributed by atoms with Gasteiger partial charge in [-0.2, -0.15) is 0 Å². The molecule has 0 radical (unpaired) electrons. The van der Waals surface area contributed by atoms with E-state index < -0.39 is 17.2 Å². The summed E-state index contributed by atoms with van der Waals surface area (Å²) in [6, 6.07) is 10.0. The first-order valence-electron chi connectivity index (χ1n) is 10.5. The van der Waals surface area contributed by atoms with Crippen LogP contribution < -0.4 is 26.0 Å². The molecular weight excluding hydrogens is 478 g/mol. The first-order chi connectivity index (χ1) is 16.2. The first kappa shape index (κ1) is 22.2. The van der Waals surface area contributed by atoms with Crippen LogP contribution in [-0.4, -0.2) is 21.8 Å². The normalized spacial score (nSPS) is 12.4. The molecule has 34 heavy (non-hydrogen) atoms. The zero-order valence-corrected chi connectivity index (χ0v) is 20.2. The number of amides is 1. The van der Waals surface area contributed by atoms with Crippen LogP contribution in [0, 0.1) is 20.8 Å². The van der Waals surface area contributed by atoms with E-state index >= 15 is 0 Å². The first-order valence-corrected chi connectivity index (χ1v) is 11.7. The fraction of sp³-hybridized carbons (Fsp3) is 0.208. The summed E-state index contributed by atoms with van der Waals surface area (Å²) >= 11 is 7.38. The molecule has 1 amide bonds. The van der Waals surface area contributed by atoms with Crippen molar-refractivity contribution in [2.45, 2.75) is 27.3 Å². The van der Waals surface area contributed by atoms with Gasteiger partial charge in [0.2, 0.25) is 12.7 Å². The Labute approximate surface area is 202 Å². The van der Waals surface area contributed by atoms with Gasteiger partial charge in [0.1, 0.15) is 11.4 Å². The summed E-state index contributed by atoms with van der Waals surface area (Å²) in [7, 11) is 0. The molecule has 4 aromatic rings. The van der Waals surface area contributed by atoms with Gasteiger partial charge in [-0.25, -0.2) is 9.36 Å². The molecule has 0 saturated heterocycles. The van der Waals surface area contributed by atoms with E-state index in [2.05, 4.69) is 5.32 Å². The highest BCUT2D eigenvalue weighted by molar-refractivity contribution is 7.18. The number of halogens is 1. The molecular formula is C24H20ClN3O5S. The van der Waals surface area contributed by atoms with E-state index in [1.165, 1.54) is 15.9 Å². The van der Waals surface area contributed by atoms with Crippen molar-refractivity contribution in [2.75, 3.05) is 12.1 Å². The molecule has 0 atom stereocenters. The zero-order valence-electron chi connectivity index (χ0n) is 18.6. The van der Waals surface area contributed by atoms with E-state index in [-0.39, 0.29) is 13.3 Å². The average molecular weight is 498 g/mol. The van der Waals surface area contributed by atoms with E-state index in [1.807, 2.05) is 20.8 Å². The summed E-state index contributed by atoms with van der Waals surface area (Å²) in [5, 5.41) is 3.71. The maximum atomic E-state index is 13.6. The van der Waals surface area contributed by atoms with Gasteiger partial charge in [-0.15, -0.1) is 11.3 Å². The van der Waals surface area contributed by atoms with Gasteiger partial charge in [0.25, 0.3) is 5.56 Å². The fourth-order valence-corrected chi connectivity index (χ4v) is 5.22. The van der Waals surface area contributed by atoms with Crippen molar-refractivity contribution in [2.24, 2.45) is 0 Å². The van der Waals surface area contributed by atoms with Crippen molar-refractivity contribution in [3.63, 3.8) is 0 Å². The molecule has 1 N–H and O–H groups in total. The van der Waals surface area contributed by atoms with Gasteiger partial charge in [0.05, 0.1) is 11.1 Å². The Balaban J connectivity index is 1.65. The Bertz CT molecular complexity index is 1600. The third-order valence-electron chi connectivity index (χ3n) is 5.84. The number of aromatic nitrogens is 2. The molecule has 0 fully saturated rings. The van der Waals surface area contributed by atoms with Crippen molar-refractivity contribution in [3.8, 4) is 17.2 Å². The van der Waals surface area contributed by atoms with Crippen molar-refractivity contribution in [1.29, 1.82) is 0 Å². The summed E-state index contributed by atoms with van der Waals surface area (Å²) in [5.74, 6) is 0.577. The van der Waals surface area contributed by atoms with Gasteiger partial charge in [-0.3, -0.25) is 14.2 Å². The lowest BCUT2D eigenvalue weighted by molar-refractivity contribution is -0.116. The molecule has 2 aromatic carbocycles. The minimum Gasteiger partial charge on any atom is -0.454 e. The van der Waals surface area contributed by atoms with Crippen LogP contribution in [-0.2, 0) is 11.3 Å². The molecule has 0 bridgehead atoms. The highest BCUT2D eigenvalue weighted by atomic mass is 35.5. The number of carbonyl (C=O) groups is 1. The topological polar surface area (TPSA) is 91.6 Å². The van der Waals surface area contributed by atoms with Crippen LogP contribution in [0.1, 0.15) is 16.0 Å². The monoisotopic (exact) mass is 497 g/mol. The van der Waals surface area contributed by atoms with Crippen molar-refractivity contribution < 1.29 is 14.3 Å². The number of aryl methyl sites for hydroxylation is 3. The van der Waals surface area contributed by atoms with Gasteiger partial charge in [0, 0.05) is 21.7 Å². The molecule has 0 saturated carbocycles. The lowest BCUT2D eigenvalue weighted by atomic mass is 10.2. The Kier molecular flexibility index (Phi) is 5.45. The second-order valence-electron chi connectivity index (χ2n) is 8.02. The molecule has 5 rings (SSSR count). The smallest absolute Gasteiger partial charge is 0.337 e. The second kappa shape index (κ2) is 8.34. The summed E-state index contributed by atoms with van der Waals surface area (Å²) in [5.41, 5.74) is 1.45. The molecule has 1 aliphatic heterocycles.